The van der Waals surface area contributed by atoms with Crippen LogP contribution in [0.1, 0.15) is 22.9 Å². The zero-order valence-electron chi connectivity index (χ0n) is 15.4. The monoisotopic (exact) mass is 511 g/mol. The predicted molar refractivity (Wildman–Crippen MR) is 116 cm³/mol. The molecule has 2 aromatic rings. The standard InChI is InChI=1S/C18H23F2N3O2S.HI/c1-4-24-15-9-13(5-6-14(15)25-17(19)20)10-22-18(21-3)23-11-16-12(2)7-8-26-16;/h5-9,17H,4,10-11H2,1-3H3,(H2,21,22,23);1H. The van der Waals surface area contributed by atoms with Crippen molar-refractivity contribution in [3.63, 3.8) is 0 Å². The van der Waals surface area contributed by atoms with E-state index in [0.717, 1.165) is 5.56 Å². The highest BCUT2D eigenvalue weighted by Gasteiger charge is 2.12. The average molecular weight is 511 g/mol. The van der Waals surface area contributed by atoms with Crippen molar-refractivity contribution in [1.29, 1.82) is 0 Å². The number of guanidine groups is 1. The van der Waals surface area contributed by atoms with Crippen molar-refractivity contribution in [2.75, 3.05) is 13.7 Å². The molecule has 0 radical (unpaired) electrons. The van der Waals surface area contributed by atoms with Gasteiger partial charge in [0, 0.05) is 18.5 Å². The lowest BCUT2D eigenvalue weighted by Gasteiger charge is -2.14. The highest BCUT2D eigenvalue weighted by molar-refractivity contribution is 14.0. The number of nitrogens with zero attached hydrogens (tertiary/aromatic N) is 1. The summed E-state index contributed by atoms with van der Waals surface area (Å²) < 4.78 is 34.8. The van der Waals surface area contributed by atoms with Crippen LogP contribution in [0.4, 0.5) is 8.78 Å². The average Bonchev–Trinajstić information content (AvgIpc) is 3.02. The lowest BCUT2D eigenvalue weighted by Crippen LogP contribution is -2.36. The summed E-state index contributed by atoms with van der Waals surface area (Å²) in [6.45, 7) is 2.49. The maximum Gasteiger partial charge on any atom is 0.387 e. The predicted octanol–water partition coefficient (Wildman–Crippen LogP) is 4.54. The van der Waals surface area contributed by atoms with Crippen LogP contribution in [0.2, 0.25) is 0 Å². The molecule has 0 atom stereocenters. The Hall–Kier alpha value is -1.62. The van der Waals surface area contributed by atoms with E-state index in [1.807, 2.05) is 0 Å². The number of alkyl halides is 2. The Kier molecular flexibility index (Phi) is 10.4. The van der Waals surface area contributed by atoms with E-state index in [4.69, 9.17) is 4.74 Å². The van der Waals surface area contributed by atoms with Gasteiger partial charge in [-0.15, -0.1) is 35.3 Å². The molecular formula is C18H24F2IN3O2S. The number of aliphatic imine (C=N–C) groups is 1. The molecule has 2 N–H and O–H groups in total. The van der Waals surface area contributed by atoms with Gasteiger partial charge in [-0.2, -0.15) is 8.78 Å². The van der Waals surface area contributed by atoms with E-state index in [2.05, 4.69) is 38.7 Å². The second-order valence-corrected chi connectivity index (χ2v) is 6.40. The van der Waals surface area contributed by atoms with Gasteiger partial charge in [0.1, 0.15) is 0 Å². The summed E-state index contributed by atoms with van der Waals surface area (Å²) in [5.74, 6) is 0.981. The molecule has 2 rings (SSSR count). The maximum atomic E-state index is 12.5. The van der Waals surface area contributed by atoms with E-state index >= 15 is 0 Å². The zero-order chi connectivity index (χ0) is 18.9. The first kappa shape index (κ1) is 23.4. The van der Waals surface area contributed by atoms with Crippen LogP contribution < -0.4 is 20.1 Å². The van der Waals surface area contributed by atoms with Crippen LogP contribution in [0.5, 0.6) is 11.5 Å². The van der Waals surface area contributed by atoms with Crippen molar-refractivity contribution in [3.8, 4) is 11.5 Å². The third-order valence-corrected chi connectivity index (χ3v) is 4.62. The van der Waals surface area contributed by atoms with Crippen molar-refractivity contribution in [2.24, 2.45) is 4.99 Å². The Morgan fingerprint density at radius 2 is 1.93 bits per heavy atom. The number of benzene rings is 1. The maximum absolute atomic E-state index is 12.5. The summed E-state index contributed by atoms with van der Waals surface area (Å²) in [4.78, 5) is 5.44. The van der Waals surface area contributed by atoms with Gasteiger partial charge in [-0.3, -0.25) is 4.99 Å². The molecule has 0 bridgehead atoms. The van der Waals surface area contributed by atoms with Crippen LogP contribution in [0, 0.1) is 6.92 Å². The molecule has 0 saturated heterocycles. The minimum absolute atomic E-state index is 0. The van der Waals surface area contributed by atoms with Crippen molar-refractivity contribution >= 4 is 41.3 Å². The van der Waals surface area contributed by atoms with Crippen LogP contribution in [0.25, 0.3) is 0 Å². The zero-order valence-corrected chi connectivity index (χ0v) is 18.6. The topological polar surface area (TPSA) is 54.9 Å². The van der Waals surface area contributed by atoms with E-state index in [0.29, 0.717) is 31.4 Å². The number of rotatable bonds is 8. The van der Waals surface area contributed by atoms with Gasteiger partial charge in [0.05, 0.1) is 13.2 Å². The van der Waals surface area contributed by atoms with Crippen LogP contribution in [-0.4, -0.2) is 26.2 Å². The number of ether oxygens (including phenoxy) is 2. The molecule has 1 aromatic heterocycles. The van der Waals surface area contributed by atoms with Gasteiger partial charge >= 0.3 is 6.61 Å². The van der Waals surface area contributed by atoms with Crippen molar-refractivity contribution in [1.82, 2.24) is 10.6 Å². The minimum Gasteiger partial charge on any atom is -0.490 e. The lowest BCUT2D eigenvalue weighted by molar-refractivity contribution is -0.0514. The van der Waals surface area contributed by atoms with Crippen LogP contribution in [0.3, 0.4) is 0 Å². The number of thiophene rings is 1. The van der Waals surface area contributed by atoms with Crippen molar-refractivity contribution in [2.45, 2.75) is 33.5 Å². The number of halogens is 3. The normalized spacial score (nSPS) is 11.1. The fourth-order valence-corrected chi connectivity index (χ4v) is 3.13. The third kappa shape index (κ3) is 7.49. The quantitative estimate of drug-likeness (QED) is 0.311. The fourth-order valence-electron chi connectivity index (χ4n) is 2.28. The first-order valence-corrected chi connectivity index (χ1v) is 9.09. The number of hydrogen-bond donors (Lipinski definition) is 2. The van der Waals surface area contributed by atoms with E-state index < -0.39 is 6.61 Å². The Bertz CT molecular complexity index is 741. The molecule has 0 amide bonds. The fraction of sp³-hybridized carbons (Fsp3) is 0.389. The summed E-state index contributed by atoms with van der Waals surface area (Å²) in [5.41, 5.74) is 2.11. The lowest BCUT2D eigenvalue weighted by atomic mass is 10.2. The molecule has 150 valence electrons. The van der Waals surface area contributed by atoms with Gasteiger partial charge in [-0.25, -0.2) is 0 Å². The Morgan fingerprint density at radius 3 is 2.52 bits per heavy atom. The molecule has 27 heavy (non-hydrogen) atoms. The highest BCUT2D eigenvalue weighted by atomic mass is 127. The highest BCUT2D eigenvalue weighted by Crippen LogP contribution is 2.29. The minimum atomic E-state index is -2.89. The molecule has 1 heterocycles. The molecule has 0 aliphatic carbocycles. The Balaban J connectivity index is 0.00000364. The summed E-state index contributed by atoms with van der Waals surface area (Å²) in [6, 6.07) is 6.96. The van der Waals surface area contributed by atoms with Crippen molar-refractivity contribution in [3.05, 3.63) is 45.6 Å². The first-order chi connectivity index (χ1) is 12.5. The third-order valence-electron chi connectivity index (χ3n) is 3.59. The summed E-state index contributed by atoms with van der Waals surface area (Å²) in [6.07, 6.45) is 0. The van der Waals surface area contributed by atoms with E-state index in [1.54, 1.807) is 37.4 Å². The summed E-state index contributed by atoms with van der Waals surface area (Å²) >= 11 is 1.69. The molecule has 0 aliphatic heterocycles. The molecular weight excluding hydrogens is 487 g/mol. The molecule has 0 aliphatic rings. The SMILES string of the molecule is CCOc1cc(CNC(=NC)NCc2sccc2C)ccc1OC(F)F.I. The second-order valence-electron chi connectivity index (χ2n) is 5.40. The Morgan fingerprint density at radius 1 is 1.19 bits per heavy atom. The Labute approximate surface area is 179 Å². The largest absolute Gasteiger partial charge is 0.490 e. The van der Waals surface area contributed by atoms with Gasteiger partial charge in [0.25, 0.3) is 0 Å². The van der Waals surface area contributed by atoms with Crippen LogP contribution in [-0.2, 0) is 13.1 Å². The van der Waals surface area contributed by atoms with E-state index in [-0.39, 0.29) is 29.7 Å². The van der Waals surface area contributed by atoms with Crippen LogP contribution in [0.15, 0.2) is 34.6 Å². The number of nitrogens with one attached hydrogen (secondary N) is 2. The summed E-state index contributed by atoms with van der Waals surface area (Å²) in [5, 5.41) is 8.51. The van der Waals surface area contributed by atoms with E-state index in [9.17, 15) is 8.78 Å². The molecule has 5 nitrogen and oxygen atoms in total. The van der Waals surface area contributed by atoms with Crippen LogP contribution >= 0.6 is 35.3 Å². The second kappa shape index (κ2) is 12.0. The molecule has 0 unspecified atom stereocenters. The van der Waals surface area contributed by atoms with Crippen molar-refractivity contribution < 1.29 is 18.3 Å². The van der Waals surface area contributed by atoms with Gasteiger partial charge in [-0.1, -0.05) is 6.07 Å². The van der Waals surface area contributed by atoms with Gasteiger partial charge in [-0.05, 0) is 48.6 Å². The molecule has 0 saturated carbocycles. The van der Waals surface area contributed by atoms with Gasteiger partial charge in [0.2, 0.25) is 0 Å². The smallest absolute Gasteiger partial charge is 0.387 e. The van der Waals surface area contributed by atoms with E-state index in [1.165, 1.54) is 16.5 Å². The number of hydrogen-bond acceptors (Lipinski definition) is 4. The van der Waals surface area contributed by atoms with Gasteiger partial charge in [0.15, 0.2) is 17.5 Å². The van der Waals surface area contributed by atoms with Gasteiger partial charge < -0.3 is 20.1 Å². The molecule has 0 fully saturated rings. The molecule has 1 aromatic carbocycles. The number of aryl methyl sites for hydroxylation is 1. The molecule has 9 heteroatoms. The summed E-state index contributed by atoms with van der Waals surface area (Å²) in [7, 11) is 1.70. The first-order valence-electron chi connectivity index (χ1n) is 8.21. The molecule has 0 spiro atoms.